The molecule has 88 valence electrons. The topological polar surface area (TPSA) is 73.1 Å². The molecule has 0 aliphatic heterocycles. The number of aromatic nitrogens is 2. The van der Waals surface area contributed by atoms with Crippen molar-refractivity contribution in [3.05, 3.63) is 36.0 Å². The van der Waals surface area contributed by atoms with Crippen LogP contribution in [-0.2, 0) is 0 Å². The summed E-state index contributed by atoms with van der Waals surface area (Å²) < 4.78 is 5.28. The second kappa shape index (κ2) is 4.80. The van der Waals surface area contributed by atoms with Gasteiger partial charge in [0.25, 0.3) is 0 Å². The number of methoxy groups -OCH3 is 1. The van der Waals surface area contributed by atoms with Crippen LogP contribution in [0.25, 0.3) is 11.4 Å². The van der Waals surface area contributed by atoms with Gasteiger partial charge in [-0.05, 0) is 19.1 Å². The summed E-state index contributed by atoms with van der Waals surface area (Å²) in [6.07, 6.45) is 0. The minimum absolute atomic E-state index is 0.582. The van der Waals surface area contributed by atoms with E-state index in [4.69, 9.17) is 10.6 Å². The van der Waals surface area contributed by atoms with E-state index in [1.54, 1.807) is 13.2 Å². The molecule has 0 aliphatic rings. The summed E-state index contributed by atoms with van der Waals surface area (Å²) >= 11 is 0. The molecule has 0 amide bonds. The smallest absolute Gasteiger partial charge is 0.165 e. The number of nitrogens with one attached hydrogen (secondary N) is 1. The standard InChI is InChI=1S/C12H14N4O/c1-8-7-11(16-13)15-12(14-8)9-5-3-4-6-10(9)17-2/h3-7H,13H2,1-2H3,(H,14,15,16). The molecule has 1 aromatic heterocycles. The van der Waals surface area contributed by atoms with E-state index in [0.717, 1.165) is 17.0 Å². The monoisotopic (exact) mass is 230 g/mol. The lowest BCUT2D eigenvalue weighted by atomic mass is 10.2. The Morgan fingerprint density at radius 1 is 1.24 bits per heavy atom. The van der Waals surface area contributed by atoms with Crippen LogP contribution in [0.4, 0.5) is 5.82 Å². The molecule has 0 saturated carbocycles. The number of hydrogen-bond acceptors (Lipinski definition) is 5. The van der Waals surface area contributed by atoms with Gasteiger partial charge in [0.1, 0.15) is 11.6 Å². The number of hydrazine groups is 1. The van der Waals surface area contributed by atoms with E-state index in [0.29, 0.717) is 11.6 Å². The third kappa shape index (κ3) is 2.34. The second-order valence-corrected chi connectivity index (χ2v) is 3.56. The van der Waals surface area contributed by atoms with E-state index in [1.165, 1.54) is 0 Å². The summed E-state index contributed by atoms with van der Waals surface area (Å²) in [7, 11) is 1.62. The van der Waals surface area contributed by atoms with E-state index >= 15 is 0 Å². The Bertz CT molecular complexity index is 528. The zero-order valence-electron chi connectivity index (χ0n) is 9.77. The fourth-order valence-corrected chi connectivity index (χ4v) is 1.59. The number of rotatable bonds is 3. The lowest BCUT2D eigenvalue weighted by Gasteiger charge is -2.09. The molecule has 5 heteroatoms. The maximum absolute atomic E-state index is 5.36. The summed E-state index contributed by atoms with van der Waals surface area (Å²) in [6.45, 7) is 1.89. The molecule has 0 atom stereocenters. The minimum atomic E-state index is 0.582. The first-order valence-corrected chi connectivity index (χ1v) is 5.20. The summed E-state index contributed by atoms with van der Waals surface area (Å²) in [5.41, 5.74) is 4.21. The van der Waals surface area contributed by atoms with Gasteiger partial charge < -0.3 is 10.2 Å². The van der Waals surface area contributed by atoms with Crippen LogP contribution < -0.4 is 16.0 Å². The zero-order valence-corrected chi connectivity index (χ0v) is 9.77. The van der Waals surface area contributed by atoms with Crippen LogP contribution in [-0.4, -0.2) is 17.1 Å². The Hall–Kier alpha value is -2.14. The summed E-state index contributed by atoms with van der Waals surface area (Å²) in [5.74, 6) is 7.28. The Morgan fingerprint density at radius 2 is 2.00 bits per heavy atom. The van der Waals surface area contributed by atoms with E-state index in [9.17, 15) is 0 Å². The molecule has 0 fully saturated rings. The lowest BCUT2D eigenvalue weighted by Crippen LogP contribution is -2.10. The zero-order chi connectivity index (χ0) is 12.3. The fraction of sp³-hybridized carbons (Fsp3) is 0.167. The first-order valence-electron chi connectivity index (χ1n) is 5.20. The number of para-hydroxylation sites is 1. The van der Waals surface area contributed by atoms with Gasteiger partial charge in [0.2, 0.25) is 0 Å². The number of aryl methyl sites for hydroxylation is 1. The summed E-state index contributed by atoms with van der Waals surface area (Å²) in [4.78, 5) is 8.68. The molecule has 2 rings (SSSR count). The van der Waals surface area contributed by atoms with Crippen molar-refractivity contribution in [2.75, 3.05) is 12.5 Å². The van der Waals surface area contributed by atoms with Crippen molar-refractivity contribution >= 4 is 5.82 Å². The molecule has 0 radical (unpaired) electrons. The highest BCUT2D eigenvalue weighted by molar-refractivity contribution is 5.65. The Morgan fingerprint density at radius 3 is 2.71 bits per heavy atom. The van der Waals surface area contributed by atoms with Gasteiger partial charge in [-0.15, -0.1) is 0 Å². The van der Waals surface area contributed by atoms with E-state index in [1.807, 2.05) is 31.2 Å². The van der Waals surface area contributed by atoms with Crippen molar-refractivity contribution in [1.82, 2.24) is 9.97 Å². The highest BCUT2D eigenvalue weighted by Gasteiger charge is 2.09. The molecule has 17 heavy (non-hydrogen) atoms. The molecule has 0 aliphatic carbocycles. The average molecular weight is 230 g/mol. The normalized spacial score (nSPS) is 10.1. The summed E-state index contributed by atoms with van der Waals surface area (Å²) in [5, 5.41) is 0. The number of nitrogens with two attached hydrogens (primary N) is 1. The molecule has 0 bridgehead atoms. The van der Waals surface area contributed by atoms with Crippen LogP contribution in [0.1, 0.15) is 5.69 Å². The largest absolute Gasteiger partial charge is 0.496 e. The molecular formula is C12H14N4O. The predicted octanol–water partition coefficient (Wildman–Crippen LogP) is 1.75. The molecule has 0 spiro atoms. The number of hydrogen-bond donors (Lipinski definition) is 2. The van der Waals surface area contributed by atoms with Gasteiger partial charge >= 0.3 is 0 Å². The van der Waals surface area contributed by atoms with Gasteiger partial charge in [-0.25, -0.2) is 15.8 Å². The third-order valence-electron chi connectivity index (χ3n) is 2.35. The molecule has 3 N–H and O–H groups in total. The highest BCUT2D eigenvalue weighted by Crippen LogP contribution is 2.27. The van der Waals surface area contributed by atoms with Crippen molar-refractivity contribution in [3.63, 3.8) is 0 Å². The number of ether oxygens (including phenoxy) is 1. The molecule has 0 saturated heterocycles. The minimum Gasteiger partial charge on any atom is -0.496 e. The SMILES string of the molecule is COc1ccccc1-c1nc(C)cc(NN)n1. The van der Waals surface area contributed by atoms with Gasteiger partial charge in [0, 0.05) is 11.8 Å². The first-order chi connectivity index (χ1) is 8.24. The van der Waals surface area contributed by atoms with Crippen molar-refractivity contribution < 1.29 is 4.74 Å². The van der Waals surface area contributed by atoms with Crippen LogP contribution in [0.2, 0.25) is 0 Å². The molecule has 1 aromatic carbocycles. The maximum Gasteiger partial charge on any atom is 0.165 e. The maximum atomic E-state index is 5.36. The van der Waals surface area contributed by atoms with Gasteiger partial charge in [0.15, 0.2) is 5.82 Å². The Labute approximate surface area is 99.6 Å². The van der Waals surface area contributed by atoms with Crippen LogP contribution in [0.15, 0.2) is 30.3 Å². The number of nitrogen functional groups attached to an aromatic ring is 1. The number of benzene rings is 1. The van der Waals surface area contributed by atoms with Crippen molar-refractivity contribution in [2.24, 2.45) is 5.84 Å². The van der Waals surface area contributed by atoms with Crippen LogP contribution in [0.5, 0.6) is 5.75 Å². The quantitative estimate of drug-likeness (QED) is 0.620. The van der Waals surface area contributed by atoms with E-state index in [-0.39, 0.29) is 0 Å². The van der Waals surface area contributed by atoms with Gasteiger partial charge in [-0.1, -0.05) is 12.1 Å². The average Bonchev–Trinajstić information content (AvgIpc) is 2.37. The van der Waals surface area contributed by atoms with Gasteiger partial charge in [-0.3, -0.25) is 0 Å². The van der Waals surface area contributed by atoms with Gasteiger partial charge in [-0.2, -0.15) is 0 Å². The second-order valence-electron chi connectivity index (χ2n) is 3.56. The molecule has 0 unspecified atom stereocenters. The van der Waals surface area contributed by atoms with Crippen molar-refractivity contribution in [3.8, 4) is 17.1 Å². The first kappa shape index (κ1) is 11.3. The Kier molecular flexibility index (Phi) is 3.20. The van der Waals surface area contributed by atoms with Crippen LogP contribution in [0.3, 0.4) is 0 Å². The third-order valence-corrected chi connectivity index (χ3v) is 2.35. The van der Waals surface area contributed by atoms with Crippen LogP contribution in [0, 0.1) is 6.92 Å². The fourth-order valence-electron chi connectivity index (χ4n) is 1.59. The predicted molar refractivity (Wildman–Crippen MR) is 66.6 cm³/mol. The molecular weight excluding hydrogens is 216 g/mol. The van der Waals surface area contributed by atoms with Crippen molar-refractivity contribution in [2.45, 2.75) is 6.92 Å². The number of anilines is 1. The van der Waals surface area contributed by atoms with E-state index in [2.05, 4.69) is 15.4 Å². The Balaban J connectivity index is 2.55. The number of nitrogens with zero attached hydrogens (tertiary/aromatic N) is 2. The molecule has 2 aromatic rings. The van der Waals surface area contributed by atoms with Crippen LogP contribution >= 0.6 is 0 Å². The molecule has 1 heterocycles. The summed E-state index contributed by atoms with van der Waals surface area (Å²) in [6, 6.07) is 9.38. The van der Waals surface area contributed by atoms with Crippen molar-refractivity contribution in [1.29, 1.82) is 0 Å². The highest BCUT2D eigenvalue weighted by atomic mass is 16.5. The van der Waals surface area contributed by atoms with E-state index < -0.39 is 0 Å². The molecule has 5 nitrogen and oxygen atoms in total. The van der Waals surface area contributed by atoms with Gasteiger partial charge in [0.05, 0.1) is 12.7 Å². The lowest BCUT2D eigenvalue weighted by molar-refractivity contribution is 0.416.